The van der Waals surface area contributed by atoms with Crippen molar-refractivity contribution in [1.82, 2.24) is 15.0 Å². The third kappa shape index (κ3) is 18.1. The van der Waals surface area contributed by atoms with Crippen LogP contribution in [0.5, 0.6) is 0 Å². The molecule has 0 N–H and O–H groups in total. The number of hydrogen-bond donors (Lipinski definition) is 0. The Labute approximate surface area is 205 Å². The van der Waals surface area contributed by atoms with Gasteiger partial charge in [-0.1, -0.05) is 21.1 Å². The van der Waals surface area contributed by atoms with E-state index < -0.39 is 10.3 Å². The monoisotopic (exact) mass is 575 g/mol. The predicted octanol–water partition coefficient (Wildman–Crippen LogP) is 1.18. The number of aromatic nitrogens is 3. The molecule has 7 nitrogen and oxygen atoms in total. The van der Waals surface area contributed by atoms with E-state index in [9.17, 15) is 9.59 Å². The number of alkyl halides is 1. The van der Waals surface area contributed by atoms with Gasteiger partial charge in [-0.25, -0.2) is 0 Å². The summed E-state index contributed by atoms with van der Waals surface area (Å²) in [5.74, 6) is -0.775. The third-order valence-corrected chi connectivity index (χ3v) is 2.08. The molecule has 0 unspecified atom stereocenters. The maximum Gasteiger partial charge on any atom is 0.290 e. The molecule has 0 saturated heterocycles. The van der Waals surface area contributed by atoms with Crippen molar-refractivity contribution < 1.29 is 84.5 Å². The molecular weight excluding hydrogens is 560 g/mol. The van der Waals surface area contributed by atoms with Gasteiger partial charge in [-0.05, 0) is 13.8 Å². The molecule has 0 aliphatic rings. The van der Waals surface area contributed by atoms with Gasteiger partial charge in [0.05, 0.1) is 12.1 Å². The van der Waals surface area contributed by atoms with Crippen LogP contribution in [0.15, 0.2) is 6.20 Å². The molecule has 1 rings (SSSR count). The summed E-state index contributed by atoms with van der Waals surface area (Å²) in [5, 5.41) is 7.33. The first-order valence-corrected chi connectivity index (χ1v) is 7.45. The van der Waals surface area contributed by atoms with Gasteiger partial charge in [0.25, 0.3) is 11.9 Å². The van der Waals surface area contributed by atoms with Crippen molar-refractivity contribution in [3.63, 3.8) is 0 Å². The van der Waals surface area contributed by atoms with Gasteiger partial charge in [-0.15, -0.1) is 5.10 Å². The molecule has 0 bridgehead atoms. The van der Waals surface area contributed by atoms with Gasteiger partial charge in [-0.3, -0.25) is 14.3 Å². The molecule has 0 amide bonds. The fourth-order valence-corrected chi connectivity index (χ4v) is 0.961. The first-order valence-electron chi connectivity index (χ1n) is 5.32. The fraction of sp³-hybridized carbons (Fsp3) is 0.455. The summed E-state index contributed by atoms with van der Waals surface area (Å²) in [4.78, 5) is 21.1. The van der Waals surface area contributed by atoms with Gasteiger partial charge in [-0.2, -0.15) is 14.2 Å². The van der Waals surface area contributed by atoms with E-state index in [0.29, 0.717) is 5.69 Å². The number of carbonyl (C=O) groups excluding carboxylic acids is 2. The van der Waals surface area contributed by atoms with Crippen LogP contribution in [0, 0.1) is 14.2 Å². The summed E-state index contributed by atoms with van der Waals surface area (Å²) in [7, 11) is 7.68. The molecule has 23 heavy (non-hydrogen) atoms. The van der Waals surface area contributed by atoms with Crippen LogP contribution in [0.3, 0.4) is 0 Å². The number of aryl methyl sites for hydroxylation is 1. The fourth-order valence-electron chi connectivity index (χ4n) is 0.847. The minimum atomic E-state index is -0.602. The Balaban J connectivity index is -0.000000136. The molecule has 12 heteroatoms. The van der Waals surface area contributed by atoms with Crippen LogP contribution in [0.25, 0.3) is 0 Å². The average Bonchev–Trinajstić information content (AvgIpc) is 2.84. The summed E-state index contributed by atoms with van der Waals surface area (Å²) in [6, 6.07) is 0. The zero-order valence-corrected chi connectivity index (χ0v) is 21.9. The van der Waals surface area contributed by atoms with E-state index in [2.05, 4.69) is 73.3 Å². The third-order valence-electron chi connectivity index (χ3n) is 1.75. The summed E-state index contributed by atoms with van der Waals surface area (Å²) >= 11 is 10.4. The zero-order valence-electron chi connectivity index (χ0n) is 13.0. The average molecular weight is 576 g/mol. The van der Waals surface area contributed by atoms with Crippen LogP contribution in [-0.2, 0) is 121 Å². The molecule has 0 fully saturated rings. The van der Waals surface area contributed by atoms with Gasteiger partial charge in [0.1, 0.15) is 4.32 Å². The summed E-state index contributed by atoms with van der Waals surface area (Å²) in [6.45, 7) is 3.39. The normalized spacial score (nSPS) is 8.70. The second-order valence-corrected chi connectivity index (χ2v) is 5.96. The molecule has 0 aliphatic carbocycles. The van der Waals surface area contributed by atoms with Crippen molar-refractivity contribution in [2.75, 3.05) is 0 Å². The number of nitrogens with zero attached hydrogens (tertiary/aromatic N) is 3. The van der Waals surface area contributed by atoms with Gasteiger partial charge in [0.2, 0.25) is 0 Å². The molecule has 1 aromatic rings. The minimum absolute atomic E-state index is 0. The van der Waals surface area contributed by atoms with Crippen LogP contribution in [0.4, 0.5) is 0 Å². The Kier molecular flexibility index (Phi) is 25.5. The molecule has 0 aromatic carbocycles. The van der Waals surface area contributed by atoms with Crippen molar-refractivity contribution >= 4 is 51.2 Å². The number of esters is 2. The molecule has 0 spiro atoms. The molecule has 0 aliphatic heterocycles. The Morgan fingerprint density at radius 1 is 1.30 bits per heavy atom. The maximum atomic E-state index is 10.6. The van der Waals surface area contributed by atoms with E-state index in [1.807, 2.05) is 0 Å². The van der Waals surface area contributed by atoms with Crippen molar-refractivity contribution in [3.05, 3.63) is 26.1 Å². The van der Waals surface area contributed by atoms with E-state index >= 15 is 0 Å². The van der Waals surface area contributed by atoms with Crippen LogP contribution in [0.2, 0.25) is 0 Å². The van der Waals surface area contributed by atoms with Gasteiger partial charge >= 0.3 is 0 Å². The van der Waals surface area contributed by atoms with Gasteiger partial charge < -0.3 is 32.8 Å². The maximum absolute atomic E-state index is 10.6. The molecular formula is C11H16BrN3O4S2Y2-4. The van der Waals surface area contributed by atoms with Crippen molar-refractivity contribution in [1.29, 1.82) is 0 Å². The largest absolute Gasteiger partial charge is 1.00 e. The number of hydrogen-bond acceptors (Lipinski definition) is 8. The Hall–Kier alpha value is 1.47. The second kappa shape index (κ2) is 18.3. The van der Waals surface area contributed by atoms with Gasteiger partial charge in [0, 0.05) is 78.7 Å². The molecule has 1 aromatic heterocycles. The van der Waals surface area contributed by atoms with E-state index in [0.717, 1.165) is 0 Å². The number of ether oxygens (including phenoxy) is 2. The van der Waals surface area contributed by atoms with Crippen LogP contribution >= 0.6 is 15.9 Å². The number of rotatable bonds is 3. The standard InChI is InChI=1S/C6H8N3O2.C5H8BrO2.S2.2Y/c1-9-4-5(7-8-9)3-6(10)11-2;1-5(2,6)4(7)8-3;1-2;;/h4H,2-3H2,1H3;3H2,1-2H3;;;/q2*-1;-2;;. The predicted molar refractivity (Wildman–Crippen MR) is 85.3 cm³/mol. The quantitative estimate of drug-likeness (QED) is 0.175. The van der Waals surface area contributed by atoms with E-state index in [4.69, 9.17) is 0 Å². The summed E-state index contributed by atoms with van der Waals surface area (Å²) < 4.78 is 9.29. The molecule has 0 atom stereocenters. The van der Waals surface area contributed by atoms with Gasteiger partial charge in [0.15, 0.2) is 0 Å². The van der Waals surface area contributed by atoms with Crippen molar-refractivity contribution in [3.8, 4) is 0 Å². The summed E-state index contributed by atoms with van der Waals surface area (Å²) in [6.07, 6.45) is 1.77. The van der Waals surface area contributed by atoms with Crippen molar-refractivity contribution in [2.45, 2.75) is 24.6 Å². The van der Waals surface area contributed by atoms with Crippen LogP contribution in [-0.4, -0.2) is 31.3 Å². The molecule has 1 heterocycles. The Bertz CT molecular complexity index is 445. The molecule has 128 valence electrons. The van der Waals surface area contributed by atoms with E-state index in [1.54, 1.807) is 27.1 Å². The van der Waals surface area contributed by atoms with E-state index in [-0.39, 0.29) is 77.8 Å². The van der Waals surface area contributed by atoms with Crippen LogP contribution in [0.1, 0.15) is 19.5 Å². The Morgan fingerprint density at radius 3 is 2.00 bits per heavy atom. The molecule has 0 saturated carbocycles. The zero-order chi connectivity index (χ0) is 17.1. The topological polar surface area (TPSA) is 83.3 Å². The first kappa shape index (κ1) is 32.2. The first-order chi connectivity index (χ1) is 9.70. The minimum Gasteiger partial charge on any atom is -1.00 e. The molecule has 2 radical (unpaired) electrons. The number of carbonyl (C=O) groups is 2. The Morgan fingerprint density at radius 2 is 1.78 bits per heavy atom. The van der Waals surface area contributed by atoms with Crippen LogP contribution < -0.4 is 0 Å². The SMILES string of the molecule is [CH2-]OC(=O)C(C)(C)Br.[CH2-]OC(=O)Cc1cn(C)nn1.[S-][S-].[Y].[Y]. The summed E-state index contributed by atoms with van der Waals surface area (Å²) in [5.41, 5.74) is 0.584. The smallest absolute Gasteiger partial charge is 0.290 e. The van der Waals surface area contributed by atoms with Crippen molar-refractivity contribution in [2.24, 2.45) is 7.05 Å². The van der Waals surface area contributed by atoms with E-state index in [1.165, 1.54) is 4.68 Å². The second-order valence-electron chi connectivity index (χ2n) is 3.98. The number of halogens is 1.